The van der Waals surface area contributed by atoms with Crippen LogP contribution in [0.25, 0.3) is 0 Å². The van der Waals surface area contributed by atoms with E-state index in [9.17, 15) is 4.79 Å². The molecule has 1 heterocycles. The molecule has 2 aromatic rings. The lowest BCUT2D eigenvalue weighted by Crippen LogP contribution is -2.35. The summed E-state index contributed by atoms with van der Waals surface area (Å²) in [5.74, 6) is 0.528. The minimum atomic E-state index is -0.356. The molecule has 22 heavy (non-hydrogen) atoms. The average molecular weight is 344 g/mol. The number of amides is 1. The molecule has 0 saturated heterocycles. The molecule has 0 spiro atoms. The van der Waals surface area contributed by atoms with Crippen LogP contribution in [0.4, 0.5) is 0 Å². The van der Waals surface area contributed by atoms with Crippen LogP contribution in [0, 0.1) is 6.92 Å². The number of carbonyl (C=O) groups excluding carboxylic acids is 1. The van der Waals surface area contributed by atoms with Gasteiger partial charge in [-0.25, -0.2) is 0 Å². The van der Waals surface area contributed by atoms with E-state index in [1.807, 2.05) is 6.92 Å². The minimum Gasteiger partial charge on any atom is -0.489 e. The number of halogens is 2. The maximum Gasteiger partial charge on any atom is 0.311 e. The van der Waals surface area contributed by atoms with E-state index in [0.717, 1.165) is 0 Å². The summed E-state index contributed by atoms with van der Waals surface area (Å²) in [5, 5.41) is 8.20. The first kappa shape index (κ1) is 16.6. The van der Waals surface area contributed by atoms with E-state index < -0.39 is 0 Å². The van der Waals surface area contributed by atoms with Crippen LogP contribution in [-0.2, 0) is 0 Å². The van der Waals surface area contributed by atoms with Crippen molar-refractivity contribution in [2.75, 3.05) is 13.6 Å². The van der Waals surface area contributed by atoms with Crippen molar-refractivity contribution < 1.29 is 13.9 Å². The maximum atomic E-state index is 12.1. The zero-order chi connectivity index (χ0) is 16.3. The highest BCUT2D eigenvalue weighted by Crippen LogP contribution is 2.26. The van der Waals surface area contributed by atoms with E-state index in [4.69, 9.17) is 32.4 Å². The van der Waals surface area contributed by atoms with Gasteiger partial charge in [-0.15, -0.1) is 10.2 Å². The Morgan fingerprint density at radius 1 is 1.36 bits per heavy atom. The molecule has 2 rings (SSSR count). The molecule has 0 aliphatic carbocycles. The Morgan fingerprint density at radius 2 is 2.09 bits per heavy atom. The fourth-order valence-electron chi connectivity index (χ4n) is 1.83. The molecule has 1 aromatic carbocycles. The molecule has 1 atom stereocenters. The van der Waals surface area contributed by atoms with Crippen LogP contribution >= 0.6 is 23.2 Å². The van der Waals surface area contributed by atoms with Crippen molar-refractivity contribution >= 4 is 29.1 Å². The number of ether oxygens (including phenoxy) is 1. The molecular formula is C14H15Cl2N3O3. The standard InChI is InChI=1S/C14H15Cl2N3O3/c1-8(21-10-4-5-11(15)12(16)6-10)7-19(3)14(20)13-18-17-9(2)22-13/h4-6,8H,7H2,1-3H3. The Morgan fingerprint density at radius 3 is 2.68 bits per heavy atom. The average Bonchev–Trinajstić information content (AvgIpc) is 2.88. The fourth-order valence-corrected chi connectivity index (χ4v) is 2.12. The van der Waals surface area contributed by atoms with Gasteiger partial charge in [0.2, 0.25) is 5.89 Å². The maximum absolute atomic E-state index is 12.1. The SMILES string of the molecule is Cc1nnc(C(=O)N(C)CC(C)Oc2ccc(Cl)c(Cl)c2)o1. The smallest absolute Gasteiger partial charge is 0.311 e. The Hall–Kier alpha value is -1.79. The molecule has 6 nitrogen and oxygen atoms in total. The van der Waals surface area contributed by atoms with Crippen LogP contribution in [0.5, 0.6) is 5.75 Å². The van der Waals surface area contributed by atoms with Gasteiger partial charge in [0.15, 0.2) is 0 Å². The van der Waals surface area contributed by atoms with Gasteiger partial charge in [-0.1, -0.05) is 23.2 Å². The lowest BCUT2D eigenvalue weighted by atomic mass is 10.3. The van der Waals surface area contributed by atoms with Crippen molar-refractivity contribution in [1.29, 1.82) is 0 Å². The van der Waals surface area contributed by atoms with Gasteiger partial charge < -0.3 is 14.1 Å². The van der Waals surface area contributed by atoms with Gasteiger partial charge in [-0.2, -0.15) is 0 Å². The molecule has 0 saturated carbocycles. The third kappa shape index (κ3) is 4.11. The van der Waals surface area contributed by atoms with Crippen molar-refractivity contribution in [3.8, 4) is 5.75 Å². The van der Waals surface area contributed by atoms with E-state index in [0.29, 0.717) is 28.2 Å². The van der Waals surface area contributed by atoms with E-state index in [-0.39, 0.29) is 17.9 Å². The molecule has 8 heteroatoms. The predicted octanol–water partition coefficient (Wildman–Crippen LogP) is 3.22. The zero-order valence-corrected chi connectivity index (χ0v) is 13.9. The largest absolute Gasteiger partial charge is 0.489 e. The molecule has 0 radical (unpaired) electrons. The third-order valence-electron chi connectivity index (χ3n) is 2.81. The first-order valence-electron chi connectivity index (χ1n) is 6.54. The van der Waals surface area contributed by atoms with Crippen LogP contribution in [-0.4, -0.2) is 40.7 Å². The third-order valence-corrected chi connectivity index (χ3v) is 3.55. The van der Waals surface area contributed by atoms with Gasteiger partial charge in [-0.05, 0) is 19.1 Å². The topological polar surface area (TPSA) is 68.5 Å². The van der Waals surface area contributed by atoms with Crippen molar-refractivity contribution in [3.63, 3.8) is 0 Å². The molecule has 1 unspecified atom stereocenters. The Labute approximate surface area is 138 Å². The zero-order valence-electron chi connectivity index (χ0n) is 12.3. The molecule has 118 valence electrons. The van der Waals surface area contributed by atoms with Gasteiger partial charge in [0.1, 0.15) is 11.9 Å². The monoisotopic (exact) mass is 343 g/mol. The summed E-state index contributed by atoms with van der Waals surface area (Å²) in [5.41, 5.74) is 0. The van der Waals surface area contributed by atoms with Gasteiger partial charge >= 0.3 is 11.8 Å². The van der Waals surface area contributed by atoms with Crippen molar-refractivity contribution in [3.05, 3.63) is 40.0 Å². The molecule has 0 aliphatic rings. The summed E-state index contributed by atoms with van der Waals surface area (Å²) >= 11 is 11.8. The van der Waals surface area contributed by atoms with Crippen molar-refractivity contribution in [1.82, 2.24) is 15.1 Å². The molecule has 0 N–H and O–H groups in total. The van der Waals surface area contributed by atoms with Gasteiger partial charge in [0, 0.05) is 20.0 Å². The van der Waals surface area contributed by atoms with Crippen LogP contribution < -0.4 is 4.74 Å². The number of rotatable bonds is 5. The molecule has 1 aromatic heterocycles. The van der Waals surface area contributed by atoms with Crippen molar-refractivity contribution in [2.24, 2.45) is 0 Å². The summed E-state index contributed by atoms with van der Waals surface area (Å²) in [6.07, 6.45) is -0.254. The summed E-state index contributed by atoms with van der Waals surface area (Å²) in [6.45, 7) is 3.81. The highest BCUT2D eigenvalue weighted by Gasteiger charge is 2.20. The van der Waals surface area contributed by atoms with E-state index >= 15 is 0 Å². The van der Waals surface area contributed by atoms with Crippen LogP contribution in [0.3, 0.4) is 0 Å². The van der Waals surface area contributed by atoms with Gasteiger partial charge in [0.25, 0.3) is 0 Å². The summed E-state index contributed by atoms with van der Waals surface area (Å²) in [4.78, 5) is 13.5. The number of aryl methyl sites for hydroxylation is 1. The van der Waals surface area contributed by atoms with Crippen LogP contribution in [0.2, 0.25) is 10.0 Å². The second-order valence-corrected chi connectivity index (χ2v) is 5.63. The first-order chi connectivity index (χ1) is 10.4. The predicted molar refractivity (Wildman–Crippen MR) is 82.5 cm³/mol. The van der Waals surface area contributed by atoms with Gasteiger partial charge in [-0.3, -0.25) is 4.79 Å². The Balaban J connectivity index is 1.94. The normalized spacial score (nSPS) is 12.0. The molecule has 1 amide bonds. The highest BCUT2D eigenvalue weighted by atomic mass is 35.5. The summed E-state index contributed by atoms with van der Waals surface area (Å²) in [6, 6.07) is 5.00. The lowest BCUT2D eigenvalue weighted by Gasteiger charge is -2.21. The Bertz CT molecular complexity index is 675. The molecule has 0 fully saturated rings. The number of aromatic nitrogens is 2. The highest BCUT2D eigenvalue weighted by molar-refractivity contribution is 6.42. The van der Waals surface area contributed by atoms with Gasteiger partial charge in [0.05, 0.1) is 16.6 Å². The summed E-state index contributed by atoms with van der Waals surface area (Å²) < 4.78 is 10.8. The van der Waals surface area contributed by atoms with E-state index in [1.165, 1.54) is 4.90 Å². The molecular weight excluding hydrogens is 329 g/mol. The van der Waals surface area contributed by atoms with E-state index in [2.05, 4.69) is 10.2 Å². The molecule has 0 bridgehead atoms. The number of benzene rings is 1. The Kier molecular flexibility index (Phi) is 5.26. The molecule has 0 aliphatic heterocycles. The summed E-state index contributed by atoms with van der Waals surface area (Å²) in [7, 11) is 1.64. The fraction of sp³-hybridized carbons (Fsp3) is 0.357. The van der Waals surface area contributed by atoms with Crippen LogP contribution in [0.1, 0.15) is 23.5 Å². The number of hydrogen-bond donors (Lipinski definition) is 0. The number of carbonyl (C=O) groups is 1. The van der Waals surface area contributed by atoms with Crippen LogP contribution in [0.15, 0.2) is 22.6 Å². The van der Waals surface area contributed by atoms with E-state index in [1.54, 1.807) is 32.2 Å². The number of hydrogen-bond acceptors (Lipinski definition) is 5. The quantitative estimate of drug-likeness (QED) is 0.833. The first-order valence-corrected chi connectivity index (χ1v) is 7.29. The lowest BCUT2D eigenvalue weighted by molar-refractivity contribution is 0.0687. The van der Waals surface area contributed by atoms with Crippen molar-refractivity contribution in [2.45, 2.75) is 20.0 Å². The number of likely N-dealkylation sites (N-methyl/N-ethyl adjacent to an activating group) is 1. The minimum absolute atomic E-state index is 0.0401. The number of nitrogens with zero attached hydrogens (tertiary/aromatic N) is 3. The second kappa shape index (κ2) is 6.98. The second-order valence-electron chi connectivity index (χ2n) is 4.82.